The average molecular weight is 947 g/mol. The molecule has 0 aromatic rings. The van der Waals surface area contributed by atoms with Gasteiger partial charge in [-0.05, 0) is 51.0 Å². The molecule has 0 aromatic carbocycles. The molecular formula is C46H70N6O13S. The molecule has 9 atom stereocenters. The second-order valence-corrected chi connectivity index (χ2v) is 18.2. The summed E-state index contributed by atoms with van der Waals surface area (Å²) in [5.74, 6) is -1.47. The van der Waals surface area contributed by atoms with Crippen molar-refractivity contribution in [1.82, 2.24) is 26.6 Å². The van der Waals surface area contributed by atoms with E-state index in [0.29, 0.717) is 56.6 Å². The summed E-state index contributed by atoms with van der Waals surface area (Å²) in [4.78, 5) is 76.4. The van der Waals surface area contributed by atoms with Gasteiger partial charge in [0, 0.05) is 67.9 Å². The monoisotopic (exact) mass is 946 g/mol. The summed E-state index contributed by atoms with van der Waals surface area (Å²) in [7, 11) is 2.90. The molecule has 4 aliphatic rings. The summed E-state index contributed by atoms with van der Waals surface area (Å²) in [6, 6.07) is 0.298. The summed E-state index contributed by atoms with van der Waals surface area (Å²) in [6.07, 6.45) is 6.56. The highest BCUT2D eigenvalue weighted by Crippen LogP contribution is 2.33. The zero-order valence-corrected chi connectivity index (χ0v) is 39.8. The lowest BCUT2D eigenvalue weighted by Gasteiger charge is -2.30. The fourth-order valence-corrected chi connectivity index (χ4v) is 9.74. The Labute approximate surface area is 391 Å². The van der Waals surface area contributed by atoms with E-state index in [2.05, 4.69) is 26.6 Å². The number of ether oxygens (including phenoxy) is 6. The van der Waals surface area contributed by atoms with Gasteiger partial charge in [-0.25, -0.2) is 9.59 Å². The molecule has 0 radical (unpaired) electrons. The molecule has 66 heavy (non-hydrogen) atoms. The van der Waals surface area contributed by atoms with Crippen molar-refractivity contribution in [3.63, 3.8) is 0 Å². The van der Waals surface area contributed by atoms with E-state index in [0.717, 1.165) is 31.1 Å². The Balaban J connectivity index is 1.22. The lowest BCUT2D eigenvalue weighted by atomic mass is 9.85. The number of nitrogens with one attached hydrogen (secondary N) is 5. The number of aliphatic hydroxyl groups is 1. The molecule has 4 rings (SSSR count). The second-order valence-electron chi connectivity index (χ2n) is 16.9. The Bertz CT molecular complexity index is 1850. The van der Waals surface area contributed by atoms with Crippen LogP contribution in [-0.4, -0.2) is 155 Å². The van der Waals surface area contributed by atoms with E-state index in [-0.39, 0.29) is 78.7 Å². The maximum atomic E-state index is 14.0. The van der Waals surface area contributed by atoms with Crippen LogP contribution in [0.4, 0.5) is 9.59 Å². The van der Waals surface area contributed by atoms with Crippen LogP contribution in [0.5, 0.6) is 0 Å². The second kappa shape index (κ2) is 27.9. The molecule has 368 valence electrons. The molecule has 19 nitrogen and oxygen atoms in total. The SMILES string of the molecule is CO[C@H]1/C=C\C=C(/C)C(=O)NC2=CC(=O)C(NCCOCCOCCOCCNC(=O)CCCC[C@@H]3SC[C@@H]4NC(=O)N[C@@H]43)=C(C[C@@H](C)C[C@H](OC)[C@H](O)[C@@H](C)/C=C(\C)[C@@H]1OC(N)=O)C2=O. The highest BCUT2D eigenvalue weighted by Gasteiger charge is 2.42. The number of hydrogen-bond donors (Lipinski definition) is 7. The van der Waals surface area contributed by atoms with Crippen LogP contribution in [0.2, 0.25) is 0 Å². The Kier molecular flexibility index (Phi) is 22.9. The third-order valence-electron chi connectivity index (χ3n) is 11.7. The van der Waals surface area contributed by atoms with Gasteiger partial charge in [0.2, 0.25) is 17.5 Å². The van der Waals surface area contributed by atoms with E-state index in [4.69, 9.17) is 34.2 Å². The minimum atomic E-state index is -1.02. The molecule has 2 saturated heterocycles. The van der Waals surface area contributed by atoms with E-state index < -0.39 is 53.9 Å². The van der Waals surface area contributed by atoms with Crippen LogP contribution in [0.15, 0.2) is 58.5 Å². The van der Waals surface area contributed by atoms with Gasteiger partial charge in [0.15, 0.2) is 6.10 Å². The summed E-state index contributed by atoms with van der Waals surface area (Å²) in [6.45, 7) is 9.37. The predicted molar refractivity (Wildman–Crippen MR) is 247 cm³/mol. The number of amides is 5. The van der Waals surface area contributed by atoms with Crippen LogP contribution in [-0.2, 0) is 47.6 Å². The molecule has 1 aliphatic carbocycles. The first kappa shape index (κ1) is 54.0. The highest BCUT2D eigenvalue weighted by atomic mass is 32.2. The van der Waals surface area contributed by atoms with Crippen molar-refractivity contribution in [3.05, 3.63) is 58.5 Å². The van der Waals surface area contributed by atoms with Crippen LogP contribution < -0.4 is 32.3 Å². The van der Waals surface area contributed by atoms with Crippen molar-refractivity contribution in [2.75, 3.05) is 72.7 Å². The number of nitrogens with two attached hydrogens (primary N) is 1. The number of allylic oxidation sites excluding steroid dienone is 4. The van der Waals surface area contributed by atoms with Crippen molar-refractivity contribution in [2.24, 2.45) is 17.6 Å². The van der Waals surface area contributed by atoms with E-state index >= 15 is 0 Å². The highest BCUT2D eigenvalue weighted by molar-refractivity contribution is 8.00. The minimum absolute atomic E-state index is 0.0123. The fraction of sp³-hybridized carbons (Fsp3) is 0.652. The lowest BCUT2D eigenvalue weighted by Crippen LogP contribution is -2.38. The van der Waals surface area contributed by atoms with Crippen molar-refractivity contribution in [2.45, 2.75) is 108 Å². The number of thioether (sulfide) groups is 1. The lowest BCUT2D eigenvalue weighted by molar-refractivity contribution is -0.121. The molecule has 2 fully saturated rings. The first-order chi connectivity index (χ1) is 31.6. The third-order valence-corrected chi connectivity index (χ3v) is 13.2. The van der Waals surface area contributed by atoms with Gasteiger partial charge < -0.3 is 65.8 Å². The number of rotatable bonds is 21. The Morgan fingerprint density at radius 2 is 1.64 bits per heavy atom. The number of methoxy groups -OCH3 is 2. The summed E-state index contributed by atoms with van der Waals surface area (Å²) < 4.78 is 33.6. The van der Waals surface area contributed by atoms with Gasteiger partial charge in [-0.3, -0.25) is 19.2 Å². The Morgan fingerprint density at radius 3 is 2.32 bits per heavy atom. The van der Waals surface area contributed by atoms with Gasteiger partial charge in [0.25, 0.3) is 5.91 Å². The summed E-state index contributed by atoms with van der Waals surface area (Å²) in [5.41, 5.74) is 6.29. The summed E-state index contributed by atoms with van der Waals surface area (Å²) in [5, 5.41) is 26.3. The van der Waals surface area contributed by atoms with Crippen LogP contribution in [0.25, 0.3) is 0 Å². The van der Waals surface area contributed by atoms with Crippen LogP contribution in [0.1, 0.15) is 66.2 Å². The normalized spacial score (nSPS) is 29.6. The molecular weight excluding hydrogens is 877 g/mol. The van der Waals surface area contributed by atoms with Gasteiger partial charge in [-0.1, -0.05) is 44.6 Å². The maximum Gasteiger partial charge on any atom is 0.405 e. The van der Waals surface area contributed by atoms with Crippen molar-refractivity contribution in [1.29, 1.82) is 0 Å². The topological polar surface area (TPSA) is 264 Å². The average Bonchev–Trinajstić information content (AvgIpc) is 3.84. The first-order valence-electron chi connectivity index (χ1n) is 22.6. The zero-order chi connectivity index (χ0) is 48.2. The number of hydrogen-bond acceptors (Lipinski definition) is 15. The van der Waals surface area contributed by atoms with E-state index in [1.807, 2.05) is 18.7 Å². The largest absolute Gasteiger partial charge is 0.439 e. The molecule has 5 amide bonds. The van der Waals surface area contributed by atoms with Gasteiger partial charge in [0.1, 0.15) is 6.10 Å². The first-order valence-corrected chi connectivity index (χ1v) is 23.7. The van der Waals surface area contributed by atoms with Gasteiger partial charge in [0.05, 0.1) is 75.3 Å². The molecule has 20 heteroatoms. The van der Waals surface area contributed by atoms with Crippen molar-refractivity contribution in [3.8, 4) is 0 Å². The number of carbonyl (C=O) groups is 6. The van der Waals surface area contributed by atoms with E-state index in [1.165, 1.54) is 27.2 Å². The predicted octanol–water partition coefficient (Wildman–Crippen LogP) is 2.24. The number of aliphatic hydroxyl groups excluding tert-OH is 1. The van der Waals surface area contributed by atoms with Gasteiger partial charge >= 0.3 is 12.1 Å². The number of ketones is 2. The minimum Gasteiger partial charge on any atom is -0.439 e. The maximum absolute atomic E-state index is 14.0. The number of carbonyl (C=O) groups excluding carboxylic acids is 6. The van der Waals surface area contributed by atoms with Crippen LogP contribution in [0.3, 0.4) is 0 Å². The van der Waals surface area contributed by atoms with Crippen LogP contribution in [0, 0.1) is 11.8 Å². The van der Waals surface area contributed by atoms with Gasteiger partial charge in [-0.2, -0.15) is 11.8 Å². The molecule has 0 saturated carbocycles. The fourth-order valence-electron chi connectivity index (χ4n) is 8.19. The smallest absolute Gasteiger partial charge is 0.405 e. The molecule has 0 unspecified atom stereocenters. The quantitative estimate of drug-likeness (QED) is 0.0377. The molecule has 8 N–H and O–H groups in total. The summed E-state index contributed by atoms with van der Waals surface area (Å²) >= 11 is 1.87. The number of unbranched alkanes of at least 4 members (excludes halogenated alkanes) is 1. The van der Waals surface area contributed by atoms with Gasteiger partial charge in [-0.15, -0.1) is 0 Å². The molecule has 3 heterocycles. The zero-order valence-electron chi connectivity index (χ0n) is 39.0. The third kappa shape index (κ3) is 16.9. The number of fused-ring (bicyclic) bond motifs is 3. The van der Waals surface area contributed by atoms with E-state index in [1.54, 1.807) is 32.1 Å². The van der Waals surface area contributed by atoms with Crippen molar-refractivity contribution < 1.29 is 62.3 Å². The molecule has 0 aromatic heterocycles. The molecule has 3 aliphatic heterocycles. The van der Waals surface area contributed by atoms with E-state index in [9.17, 15) is 33.9 Å². The van der Waals surface area contributed by atoms with Crippen LogP contribution >= 0.6 is 11.8 Å². The molecule has 0 spiro atoms. The molecule has 2 bridgehead atoms. The Hall–Kier alpha value is -4.57. The Morgan fingerprint density at radius 1 is 0.939 bits per heavy atom. The number of Topliss-reactive ketones (excluding diaryl/α,β-unsaturated/α-hetero) is 1. The number of urea groups is 1. The standard InChI is InChI=1S/C46H70N6O13S/c1-27-22-31-39(49-15-17-63-19-21-64-20-18-62-16-14-48-38(54)13-8-7-12-37-40-33(26-66-37)51-46(59)52-40)34(53)25-32(42(31)56)50-44(57)28(2)10-9-11-35(60-5)43(65-45(47)58)30(4)24-29(3)41(55)36(23-27)61-6/h9-11,24-25,27,29,33,35-37,40-41,43,49,55H,7-8,12-23,26H2,1-6H3,(H2,47,58)(H,48,54)(H,50,57)(H2,51,52,59)/b11-9-,28-10+,30-24+/t27-,29+,33+,35+,36+,37+,40+,41-,43+/m1/s1. The van der Waals surface area contributed by atoms with Crippen molar-refractivity contribution >= 4 is 47.3 Å². The number of primary amides is 1.